The van der Waals surface area contributed by atoms with E-state index in [9.17, 15) is 9.59 Å². The van der Waals surface area contributed by atoms with Gasteiger partial charge >= 0.3 is 0 Å². The largest absolute Gasteiger partial charge is 0.294 e. The van der Waals surface area contributed by atoms with Crippen molar-refractivity contribution in [1.82, 2.24) is 9.97 Å². The summed E-state index contributed by atoms with van der Waals surface area (Å²) in [5.41, 5.74) is 3.19. The Bertz CT molecular complexity index is 864. The molecule has 2 aromatic rings. The van der Waals surface area contributed by atoms with Gasteiger partial charge in [0.25, 0.3) is 0 Å². The van der Waals surface area contributed by atoms with Crippen LogP contribution >= 0.6 is 0 Å². The summed E-state index contributed by atoms with van der Waals surface area (Å²) in [6, 6.07) is 8.49. The van der Waals surface area contributed by atoms with Gasteiger partial charge in [-0.2, -0.15) is 0 Å². The Hall–Kier alpha value is -2.56. The van der Waals surface area contributed by atoms with Crippen LogP contribution in [0.15, 0.2) is 30.5 Å². The number of nitrogens with zero attached hydrogens (tertiary/aromatic N) is 2. The van der Waals surface area contributed by atoms with Gasteiger partial charge in [0.2, 0.25) is 11.9 Å². The highest BCUT2D eigenvalue weighted by atomic mass is 16.2. The van der Waals surface area contributed by atoms with E-state index >= 15 is 0 Å². The predicted molar refractivity (Wildman–Crippen MR) is 106 cm³/mol. The van der Waals surface area contributed by atoms with Crippen molar-refractivity contribution >= 4 is 17.6 Å². The number of rotatable bonds is 3. The quantitative estimate of drug-likeness (QED) is 0.869. The van der Waals surface area contributed by atoms with E-state index < -0.39 is 5.41 Å². The van der Waals surface area contributed by atoms with Crippen LogP contribution in [0.1, 0.15) is 80.1 Å². The van der Waals surface area contributed by atoms with Crippen LogP contribution in [0.3, 0.4) is 0 Å². The number of carbonyl (C=O) groups is 2. The maximum atomic E-state index is 12.6. The van der Waals surface area contributed by atoms with Crippen molar-refractivity contribution in [3.63, 3.8) is 0 Å². The lowest BCUT2D eigenvalue weighted by molar-refractivity contribution is -0.123. The van der Waals surface area contributed by atoms with E-state index in [1.165, 1.54) is 5.56 Å². The minimum Gasteiger partial charge on any atom is -0.294 e. The van der Waals surface area contributed by atoms with Gasteiger partial charge in [-0.3, -0.25) is 14.9 Å². The van der Waals surface area contributed by atoms with Crippen LogP contribution < -0.4 is 5.32 Å². The number of amides is 1. The van der Waals surface area contributed by atoms with Crippen LogP contribution in [0.4, 0.5) is 5.95 Å². The van der Waals surface area contributed by atoms with Crippen molar-refractivity contribution in [3.8, 4) is 0 Å². The lowest BCUT2D eigenvalue weighted by Crippen LogP contribution is -2.29. The minimum absolute atomic E-state index is 0.0582. The third-order valence-corrected chi connectivity index (χ3v) is 5.02. The molecule has 1 heterocycles. The van der Waals surface area contributed by atoms with E-state index in [0.29, 0.717) is 30.0 Å². The van der Waals surface area contributed by atoms with Crippen LogP contribution in [-0.4, -0.2) is 21.7 Å². The molecule has 1 amide bonds. The zero-order chi connectivity index (χ0) is 19.8. The molecular formula is C22H27N3O2. The van der Waals surface area contributed by atoms with Gasteiger partial charge in [0.1, 0.15) is 0 Å². The molecule has 5 nitrogen and oxygen atoms in total. The van der Waals surface area contributed by atoms with Crippen molar-refractivity contribution < 1.29 is 9.59 Å². The summed E-state index contributed by atoms with van der Waals surface area (Å²) >= 11 is 0. The Kier molecular flexibility index (Phi) is 5.13. The summed E-state index contributed by atoms with van der Waals surface area (Å²) in [6.07, 6.45) is 2.68. The van der Waals surface area contributed by atoms with Gasteiger partial charge in [-0.25, -0.2) is 9.97 Å². The summed E-state index contributed by atoms with van der Waals surface area (Å²) in [6.45, 7) is 9.84. The number of ketones is 1. The van der Waals surface area contributed by atoms with Gasteiger partial charge in [-0.1, -0.05) is 58.9 Å². The third-order valence-electron chi connectivity index (χ3n) is 5.02. The molecule has 27 heavy (non-hydrogen) atoms. The van der Waals surface area contributed by atoms with Crippen LogP contribution in [0.25, 0.3) is 0 Å². The average molecular weight is 365 g/mol. The lowest BCUT2D eigenvalue weighted by atomic mass is 9.81. The molecule has 0 spiro atoms. The molecular weight excluding hydrogens is 338 g/mol. The molecule has 142 valence electrons. The summed E-state index contributed by atoms with van der Waals surface area (Å²) < 4.78 is 0. The Morgan fingerprint density at radius 2 is 1.81 bits per heavy atom. The molecule has 1 atom stereocenters. The Morgan fingerprint density at radius 3 is 2.41 bits per heavy atom. The molecule has 1 aliphatic carbocycles. The number of anilines is 1. The van der Waals surface area contributed by atoms with Crippen LogP contribution in [-0.2, 0) is 11.2 Å². The van der Waals surface area contributed by atoms with E-state index in [1.807, 2.05) is 20.8 Å². The van der Waals surface area contributed by atoms with E-state index in [4.69, 9.17) is 0 Å². The van der Waals surface area contributed by atoms with Gasteiger partial charge in [0, 0.05) is 18.0 Å². The molecule has 1 aromatic heterocycles. The molecule has 1 aromatic carbocycles. The topological polar surface area (TPSA) is 72.0 Å². The highest BCUT2D eigenvalue weighted by Crippen LogP contribution is 2.32. The first-order valence-corrected chi connectivity index (χ1v) is 9.45. The fourth-order valence-electron chi connectivity index (χ4n) is 3.18. The number of benzene rings is 1. The van der Waals surface area contributed by atoms with Gasteiger partial charge in [-0.05, 0) is 29.4 Å². The molecule has 0 radical (unpaired) electrons. The summed E-state index contributed by atoms with van der Waals surface area (Å²) in [5.74, 6) is 0.757. The molecule has 0 aliphatic heterocycles. The Labute approximate surface area is 160 Å². The maximum absolute atomic E-state index is 12.6. The first-order chi connectivity index (χ1) is 12.6. The zero-order valence-corrected chi connectivity index (χ0v) is 16.7. The number of hydrogen-bond donors (Lipinski definition) is 1. The first kappa shape index (κ1) is 19.2. The Morgan fingerprint density at radius 1 is 1.15 bits per heavy atom. The molecule has 0 saturated carbocycles. The van der Waals surface area contributed by atoms with Gasteiger partial charge in [0.05, 0.1) is 11.3 Å². The van der Waals surface area contributed by atoms with Crippen molar-refractivity contribution in [1.29, 1.82) is 0 Å². The number of nitrogens with one attached hydrogen (secondary N) is 1. The van der Waals surface area contributed by atoms with Gasteiger partial charge in [-0.15, -0.1) is 0 Å². The van der Waals surface area contributed by atoms with E-state index in [-0.39, 0.29) is 23.6 Å². The normalized spacial score (nSPS) is 17.0. The highest BCUT2D eigenvalue weighted by Gasteiger charge is 2.29. The molecule has 0 bridgehead atoms. The third kappa shape index (κ3) is 4.24. The van der Waals surface area contributed by atoms with Gasteiger partial charge in [0.15, 0.2) is 5.78 Å². The average Bonchev–Trinajstić information content (AvgIpc) is 2.60. The maximum Gasteiger partial charge on any atom is 0.232 e. The molecule has 0 unspecified atom stereocenters. The highest BCUT2D eigenvalue weighted by molar-refractivity contribution is 5.99. The smallest absolute Gasteiger partial charge is 0.232 e. The monoisotopic (exact) mass is 365 g/mol. The fraction of sp³-hybridized carbons (Fsp3) is 0.455. The van der Waals surface area contributed by atoms with Crippen LogP contribution in [0.2, 0.25) is 0 Å². The molecule has 3 rings (SSSR count). The number of carbonyl (C=O) groups excluding carboxylic acids is 2. The second kappa shape index (κ2) is 7.22. The number of hydrogen-bond acceptors (Lipinski definition) is 4. The van der Waals surface area contributed by atoms with Crippen LogP contribution in [0, 0.1) is 5.41 Å². The van der Waals surface area contributed by atoms with Crippen molar-refractivity contribution in [2.24, 2.45) is 5.41 Å². The zero-order valence-electron chi connectivity index (χ0n) is 16.7. The molecule has 5 heteroatoms. The summed E-state index contributed by atoms with van der Waals surface area (Å²) in [4.78, 5) is 33.4. The molecule has 1 N–H and O–H groups in total. The van der Waals surface area contributed by atoms with Crippen molar-refractivity contribution in [3.05, 3.63) is 52.8 Å². The molecule has 0 fully saturated rings. The predicted octanol–water partition coefficient (Wildman–Crippen LogP) is 4.50. The van der Waals surface area contributed by atoms with E-state index in [1.54, 1.807) is 6.20 Å². The number of fused-ring (bicyclic) bond motifs is 1. The SMILES string of the molecule is CC(C)c1ccc([C@H]2CC(=O)c3cnc(NC(=O)C(C)(C)C)nc3C2)cc1. The second-order valence-corrected chi connectivity index (χ2v) is 8.61. The summed E-state index contributed by atoms with van der Waals surface area (Å²) in [5, 5.41) is 2.75. The number of aromatic nitrogens is 2. The summed E-state index contributed by atoms with van der Waals surface area (Å²) in [7, 11) is 0. The lowest BCUT2D eigenvalue weighted by Gasteiger charge is -2.24. The standard InChI is InChI=1S/C22H27N3O2/c1-13(2)14-6-8-15(9-7-14)16-10-18-17(19(26)11-16)12-23-21(24-18)25-20(27)22(3,4)5/h6-9,12-13,16H,10-11H2,1-5H3,(H,23,24,25,27)/t16-/m1/s1. The fourth-order valence-corrected chi connectivity index (χ4v) is 3.18. The minimum atomic E-state index is -0.532. The first-order valence-electron chi connectivity index (χ1n) is 9.45. The van der Waals surface area contributed by atoms with Crippen LogP contribution in [0.5, 0.6) is 0 Å². The second-order valence-electron chi connectivity index (χ2n) is 8.61. The molecule has 1 aliphatic rings. The van der Waals surface area contributed by atoms with E-state index in [0.717, 1.165) is 5.56 Å². The van der Waals surface area contributed by atoms with Crippen molar-refractivity contribution in [2.75, 3.05) is 5.32 Å². The van der Waals surface area contributed by atoms with Gasteiger partial charge < -0.3 is 0 Å². The number of Topliss-reactive ketones (excluding diaryl/α,β-unsaturated/α-hetero) is 1. The molecule has 0 saturated heterocycles. The Balaban J connectivity index is 1.83. The van der Waals surface area contributed by atoms with E-state index in [2.05, 4.69) is 53.4 Å². The van der Waals surface area contributed by atoms with Crippen molar-refractivity contribution in [2.45, 2.75) is 59.3 Å².